The number of hydrogen-bond acceptors (Lipinski definition) is 4. The molecule has 0 aliphatic rings. The lowest BCUT2D eigenvalue weighted by Gasteiger charge is -2.14. The van der Waals surface area contributed by atoms with Crippen LogP contribution in [0.3, 0.4) is 0 Å². The molecule has 2 rings (SSSR count). The summed E-state index contributed by atoms with van der Waals surface area (Å²) >= 11 is 5.18. The van der Waals surface area contributed by atoms with Crippen LogP contribution in [-0.4, -0.2) is 10.0 Å². The van der Waals surface area contributed by atoms with Crippen LogP contribution < -0.4 is 16.2 Å². The molecule has 0 fully saturated rings. The van der Waals surface area contributed by atoms with Crippen LogP contribution in [0.2, 0.25) is 0 Å². The minimum atomic E-state index is -0.442. The Morgan fingerprint density at radius 1 is 1.14 bits per heavy atom. The number of thiocarbonyl (C=S) groups is 1. The van der Waals surface area contributed by atoms with Gasteiger partial charge in [-0.05, 0) is 55.4 Å². The molecule has 0 saturated carbocycles. The maximum absolute atomic E-state index is 10.6. The topological polar surface area (TPSA) is 79.2 Å². The molecule has 0 radical (unpaired) electrons. The Labute approximate surface area is 133 Å². The predicted octanol–water partition coefficient (Wildman–Crippen LogP) is 3.53. The van der Waals surface area contributed by atoms with Gasteiger partial charge in [0, 0.05) is 17.8 Å². The standard InChI is InChI=1S/C15H16N4O2S/c1-10-3-4-11(2)14(9-10)17-18-15(22)16-12-5-7-13(8-6-12)19(20)21/h3-9,17H,1-2H3,(H2,16,18,22). The van der Waals surface area contributed by atoms with Crippen molar-refractivity contribution in [3.63, 3.8) is 0 Å². The zero-order valence-electron chi connectivity index (χ0n) is 12.2. The molecule has 0 atom stereocenters. The van der Waals surface area contributed by atoms with E-state index in [-0.39, 0.29) is 5.69 Å². The maximum Gasteiger partial charge on any atom is 0.269 e. The molecule has 0 aliphatic carbocycles. The van der Waals surface area contributed by atoms with Crippen LogP contribution in [0.1, 0.15) is 11.1 Å². The van der Waals surface area contributed by atoms with E-state index in [4.69, 9.17) is 12.2 Å². The first kappa shape index (κ1) is 15.7. The monoisotopic (exact) mass is 316 g/mol. The first-order valence-electron chi connectivity index (χ1n) is 6.60. The lowest BCUT2D eigenvalue weighted by atomic mass is 10.1. The lowest BCUT2D eigenvalue weighted by Crippen LogP contribution is -2.33. The van der Waals surface area contributed by atoms with Gasteiger partial charge in [-0.3, -0.25) is 21.0 Å². The van der Waals surface area contributed by atoms with Crippen LogP contribution >= 0.6 is 12.2 Å². The van der Waals surface area contributed by atoms with Crippen molar-refractivity contribution in [3.05, 3.63) is 63.7 Å². The van der Waals surface area contributed by atoms with Crippen molar-refractivity contribution in [1.29, 1.82) is 0 Å². The zero-order chi connectivity index (χ0) is 16.1. The number of rotatable bonds is 4. The molecule has 0 bridgehead atoms. The molecule has 0 amide bonds. The van der Waals surface area contributed by atoms with Gasteiger partial charge in [-0.1, -0.05) is 12.1 Å². The van der Waals surface area contributed by atoms with Crippen LogP contribution in [0.25, 0.3) is 0 Å². The van der Waals surface area contributed by atoms with Gasteiger partial charge in [0.2, 0.25) is 0 Å². The SMILES string of the molecule is Cc1ccc(C)c(NNC(=S)Nc2ccc([N+](=O)[O-])cc2)c1. The van der Waals surface area contributed by atoms with Gasteiger partial charge in [0.15, 0.2) is 5.11 Å². The Hall–Kier alpha value is -2.67. The summed E-state index contributed by atoms with van der Waals surface area (Å²) in [6.45, 7) is 4.01. The number of aryl methyl sites for hydroxylation is 2. The second-order valence-corrected chi connectivity index (χ2v) is 5.23. The van der Waals surface area contributed by atoms with E-state index in [0.717, 1.165) is 16.8 Å². The number of nitro benzene ring substituents is 1. The minimum Gasteiger partial charge on any atom is -0.331 e. The fourth-order valence-electron chi connectivity index (χ4n) is 1.82. The van der Waals surface area contributed by atoms with E-state index in [1.54, 1.807) is 12.1 Å². The molecule has 0 unspecified atom stereocenters. The summed E-state index contributed by atoms with van der Waals surface area (Å²) in [7, 11) is 0. The molecular weight excluding hydrogens is 300 g/mol. The second-order valence-electron chi connectivity index (χ2n) is 4.83. The molecule has 0 aromatic heterocycles. The van der Waals surface area contributed by atoms with Crippen LogP contribution in [0.5, 0.6) is 0 Å². The Balaban J connectivity index is 1.92. The Bertz CT molecular complexity index is 701. The molecular formula is C15H16N4O2S. The highest BCUT2D eigenvalue weighted by molar-refractivity contribution is 7.80. The smallest absolute Gasteiger partial charge is 0.269 e. The molecule has 0 aliphatic heterocycles. The normalized spacial score (nSPS) is 9.91. The number of benzene rings is 2. The van der Waals surface area contributed by atoms with Crippen molar-refractivity contribution in [2.45, 2.75) is 13.8 Å². The highest BCUT2D eigenvalue weighted by Crippen LogP contribution is 2.16. The third-order valence-corrected chi connectivity index (χ3v) is 3.24. The summed E-state index contributed by atoms with van der Waals surface area (Å²) < 4.78 is 0. The average Bonchev–Trinajstić information content (AvgIpc) is 2.49. The van der Waals surface area contributed by atoms with E-state index in [1.165, 1.54) is 12.1 Å². The van der Waals surface area contributed by atoms with E-state index in [9.17, 15) is 10.1 Å². The summed E-state index contributed by atoms with van der Waals surface area (Å²) in [6.07, 6.45) is 0. The number of nitrogens with one attached hydrogen (secondary N) is 3. The largest absolute Gasteiger partial charge is 0.331 e. The lowest BCUT2D eigenvalue weighted by molar-refractivity contribution is -0.384. The van der Waals surface area contributed by atoms with Gasteiger partial charge < -0.3 is 5.32 Å². The number of hydrazine groups is 1. The van der Waals surface area contributed by atoms with Gasteiger partial charge >= 0.3 is 0 Å². The predicted molar refractivity (Wildman–Crippen MR) is 92.0 cm³/mol. The molecule has 22 heavy (non-hydrogen) atoms. The van der Waals surface area contributed by atoms with Gasteiger partial charge in [0.1, 0.15) is 0 Å². The van der Waals surface area contributed by atoms with E-state index in [2.05, 4.69) is 16.2 Å². The van der Waals surface area contributed by atoms with E-state index >= 15 is 0 Å². The summed E-state index contributed by atoms with van der Waals surface area (Å²) in [5, 5.41) is 13.9. The first-order chi connectivity index (χ1) is 10.5. The summed E-state index contributed by atoms with van der Waals surface area (Å²) in [4.78, 5) is 10.1. The van der Waals surface area contributed by atoms with Gasteiger partial charge in [-0.2, -0.15) is 0 Å². The molecule has 3 N–H and O–H groups in total. The third kappa shape index (κ3) is 4.16. The van der Waals surface area contributed by atoms with E-state index < -0.39 is 4.92 Å². The Kier molecular flexibility index (Phi) is 4.90. The summed E-state index contributed by atoms with van der Waals surface area (Å²) in [6, 6.07) is 12.1. The van der Waals surface area contributed by atoms with Gasteiger partial charge in [0.25, 0.3) is 5.69 Å². The van der Waals surface area contributed by atoms with Crippen molar-refractivity contribution in [2.24, 2.45) is 0 Å². The molecule has 7 heteroatoms. The van der Waals surface area contributed by atoms with Crippen molar-refractivity contribution < 1.29 is 4.92 Å². The first-order valence-corrected chi connectivity index (χ1v) is 7.01. The van der Waals surface area contributed by atoms with E-state index in [1.807, 2.05) is 32.0 Å². The fraction of sp³-hybridized carbons (Fsp3) is 0.133. The molecule has 0 saturated heterocycles. The minimum absolute atomic E-state index is 0.0398. The summed E-state index contributed by atoms with van der Waals surface area (Å²) in [5.74, 6) is 0. The van der Waals surface area contributed by atoms with E-state index in [0.29, 0.717) is 10.8 Å². The molecule has 2 aromatic rings. The number of nitro groups is 1. The van der Waals surface area contributed by atoms with Gasteiger partial charge in [0.05, 0.1) is 10.6 Å². The number of anilines is 2. The summed E-state index contributed by atoms with van der Waals surface area (Å²) in [5.41, 5.74) is 9.82. The quantitative estimate of drug-likeness (QED) is 0.455. The third-order valence-electron chi connectivity index (χ3n) is 3.04. The van der Waals surface area contributed by atoms with Crippen molar-refractivity contribution >= 4 is 34.4 Å². The number of nitrogens with zero attached hydrogens (tertiary/aromatic N) is 1. The highest BCUT2D eigenvalue weighted by atomic mass is 32.1. The zero-order valence-corrected chi connectivity index (χ0v) is 13.0. The average molecular weight is 316 g/mol. The Morgan fingerprint density at radius 3 is 2.45 bits per heavy atom. The molecule has 0 heterocycles. The van der Waals surface area contributed by atoms with Crippen LogP contribution in [-0.2, 0) is 0 Å². The second kappa shape index (κ2) is 6.86. The van der Waals surface area contributed by atoms with Crippen molar-refractivity contribution in [2.75, 3.05) is 10.7 Å². The van der Waals surface area contributed by atoms with Crippen LogP contribution in [0, 0.1) is 24.0 Å². The van der Waals surface area contributed by atoms with Gasteiger partial charge in [-0.25, -0.2) is 0 Å². The molecule has 2 aromatic carbocycles. The number of non-ortho nitro benzene ring substituents is 1. The molecule has 6 nitrogen and oxygen atoms in total. The molecule has 114 valence electrons. The highest BCUT2D eigenvalue weighted by Gasteiger charge is 2.05. The fourth-order valence-corrected chi connectivity index (χ4v) is 1.99. The Morgan fingerprint density at radius 2 is 1.82 bits per heavy atom. The van der Waals surface area contributed by atoms with Crippen LogP contribution in [0.15, 0.2) is 42.5 Å². The van der Waals surface area contributed by atoms with Crippen molar-refractivity contribution in [1.82, 2.24) is 5.43 Å². The number of hydrogen-bond donors (Lipinski definition) is 3. The van der Waals surface area contributed by atoms with Crippen LogP contribution in [0.4, 0.5) is 17.1 Å². The van der Waals surface area contributed by atoms with Crippen molar-refractivity contribution in [3.8, 4) is 0 Å². The van der Waals surface area contributed by atoms with Gasteiger partial charge in [-0.15, -0.1) is 0 Å². The maximum atomic E-state index is 10.6. The molecule has 0 spiro atoms.